The Hall–Kier alpha value is -3.03. The lowest BCUT2D eigenvalue weighted by atomic mass is 9.97. The van der Waals surface area contributed by atoms with E-state index in [0.717, 1.165) is 45.0 Å². The van der Waals surface area contributed by atoms with Crippen LogP contribution in [0.25, 0.3) is 16.7 Å². The molecule has 0 bridgehead atoms. The third-order valence-corrected chi connectivity index (χ3v) is 5.77. The number of imidazole rings is 1. The predicted octanol–water partition coefficient (Wildman–Crippen LogP) is 6.12. The van der Waals surface area contributed by atoms with Crippen molar-refractivity contribution in [2.45, 2.75) is 39.7 Å². The largest absolute Gasteiger partial charge is 0.368 e. The first-order valence-corrected chi connectivity index (χ1v) is 10.2. The van der Waals surface area contributed by atoms with Crippen LogP contribution in [-0.4, -0.2) is 15.4 Å². The fourth-order valence-corrected chi connectivity index (χ4v) is 3.82. The van der Waals surface area contributed by atoms with Gasteiger partial charge in [0.15, 0.2) is 5.65 Å². The van der Waals surface area contributed by atoms with Crippen molar-refractivity contribution in [1.29, 1.82) is 5.26 Å². The van der Waals surface area contributed by atoms with Crippen LogP contribution in [0.5, 0.6) is 0 Å². The topological polar surface area (TPSA) is 53.1 Å². The smallest absolute Gasteiger partial charge is 0.157 e. The zero-order valence-electron chi connectivity index (χ0n) is 16.8. The first-order valence-electron chi connectivity index (χ1n) is 9.87. The average Bonchev–Trinajstić information content (AvgIpc) is 3.11. The molecule has 1 N–H and O–H groups in total. The van der Waals surface area contributed by atoms with Gasteiger partial charge in [-0.15, -0.1) is 0 Å². The van der Waals surface area contributed by atoms with E-state index in [-0.39, 0.29) is 6.04 Å². The molecule has 0 unspecified atom stereocenters. The Morgan fingerprint density at radius 3 is 2.59 bits per heavy atom. The molecule has 0 aliphatic carbocycles. The van der Waals surface area contributed by atoms with Crippen molar-refractivity contribution in [3.63, 3.8) is 0 Å². The number of para-hydroxylation sites is 2. The summed E-state index contributed by atoms with van der Waals surface area (Å²) in [6, 6.07) is 18.6. The van der Waals surface area contributed by atoms with Crippen LogP contribution >= 0.6 is 11.6 Å². The lowest BCUT2D eigenvalue weighted by molar-refractivity contribution is 0.754. The Labute approximate surface area is 175 Å². The summed E-state index contributed by atoms with van der Waals surface area (Å²) in [5.74, 6) is 1.01. The molecule has 1 atom stereocenters. The van der Waals surface area contributed by atoms with Crippen molar-refractivity contribution in [2.24, 2.45) is 0 Å². The summed E-state index contributed by atoms with van der Waals surface area (Å²) in [5, 5.41) is 14.4. The minimum absolute atomic E-state index is 0.288. The Kier molecular flexibility index (Phi) is 5.17. The molecule has 0 aliphatic rings. The van der Waals surface area contributed by atoms with E-state index in [4.69, 9.17) is 16.6 Å². The van der Waals surface area contributed by atoms with Gasteiger partial charge in [0.05, 0.1) is 16.6 Å². The number of halogens is 1. The van der Waals surface area contributed by atoms with Crippen molar-refractivity contribution < 1.29 is 0 Å². The maximum atomic E-state index is 9.95. The van der Waals surface area contributed by atoms with E-state index in [9.17, 15) is 5.26 Å². The van der Waals surface area contributed by atoms with Crippen LogP contribution in [-0.2, 0) is 6.42 Å². The minimum atomic E-state index is 0.288. The van der Waals surface area contributed by atoms with E-state index < -0.39 is 0 Å². The van der Waals surface area contributed by atoms with Crippen molar-refractivity contribution in [3.8, 4) is 6.07 Å². The normalized spacial score (nSPS) is 12.2. The number of nitrogens with one attached hydrogen (secondary N) is 1. The van der Waals surface area contributed by atoms with Gasteiger partial charge in [-0.3, -0.25) is 4.40 Å². The predicted molar refractivity (Wildman–Crippen MR) is 120 cm³/mol. The Morgan fingerprint density at radius 2 is 1.90 bits per heavy atom. The SMILES string of the molecule is CC[C@@H](C)Nc1c(Cc2ccc(Cl)cc2)c(C)c(C#N)c2nc3ccccc3n12. The molecule has 2 heterocycles. The summed E-state index contributed by atoms with van der Waals surface area (Å²) in [4.78, 5) is 4.78. The summed E-state index contributed by atoms with van der Waals surface area (Å²) >= 11 is 6.07. The van der Waals surface area contributed by atoms with Gasteiger partial charge in [-0.05, 0) is 55.7 Å². The standard InChI is InChI=1S/C24H23ClN4/c1-4-15(2)27-23-19(13-17-9-11-18(25)12-10-17)16(3)20(14-26)24-28-21-7-5-6-8-22(21)29(23)24/h5-12,15,27H,4,13H2,1-3H3/t15-/m1/s1. The minimum Gasteiger partial charge on any atom is -0.368 e. The Bertz CT molecular complexity index is 1230. The second kappa shape index (κ2) is 7.77. The number of hydrogen-bond acceptors (Lipinski definition) is 3. The molecule has 0 spiro atoms. The summed E-state index contributed by atoms with van der Waals surface area (Å²) in [6.45, 7) is 6.35. The molecule has 0 aliphatic heterocycles. The van der Waals surface area contributed by atoms with Gasteiger partial charge in [0, 0.05) is 23.0 Å². The van der Waals surface area contributed by atoms with Gasteiger partial charge in [0.2, 0.25) is 0 Å². The van der Waals surface area contributed by atoms with Gasteiger partial charge >= 0.3 is 0 Å². The van der Waals surface area contributed by atoms with Crippen LogP contribution in [0, 0.1) is 18.3 Å². The van der Waals surface area contributed by atoms with E-state index in [1.165, 1.54) is 0 Å². The maximum absolute atomic E-state index is 9.95. The number of benzene rings is 2. The zero-order valence-corrected chi connectivity index (χ0v) is 17.6. The third-order valence-electron chi connectivity index (χ3n) is 5.52. The molecular weight excluding hydrogens is 380 g/mol. The zero-order chi connectivity index (χ0) is 20.5. The highest BCUT2D eigenvalue weighted by molar-refractivity contribution is 6.30. The van der Waals surface area contributed by atoms with Gasteiger partial charge in [-0.2, -0.15) is 5.26 Å². The van der Waals surface area contributed by atoms with E-state index in [1.807, 2.05) is 49.4 Å². The van der Waals surface area contributed by atoms with Crippen molar-refractivity contribution in [3.05, 3.63) is 75.8 Å². The molecule has 2 aromatic carbocycles. The van der Waals surface area contributed by atoms with E-state index in [1.54, 1.807) is 0 Å². The van der Waals surface area contributed by atoms with Gasteiger partial charge < -0.3 is 5.32 Å². The van der Waals surface area contributed by atoms with Crippen LogP contribution in [0.15, 0.2) is 48.5 Å². The summed E-state index contributed by atoms with van der Waals surface area (Å²) in [7, 11) is 0. The van der Waals surface area contributed by atoms with Crippen LogP contribution in [0.1, 0.15) is 42.5 Å². The Balaban J connectivity index is 2.05. The van der Waals surface area contributed by atoms with Crippen LogP contribution in [0.4, 0.5) is 5.82 Å². The summed E-state index contributed by atoms with van der Waals surface area (Å²) in [5.41, 5.74) is 6.45. The quantitative estimate of drug-likeness (QED) is 0.437. The first kappa shape index (κ1) is 19.3. The summed E-state index contributed by atoms with van der Waals surface area (Å²) in [6.07, 6.45) is 1.70. The van der Waals surface area contributed by atoms with Crippen LogP contribution < -0.4 is 5.32 Å². The van der Waals surface area contributed by atoms with Crippen molar-refractivity contribution >= 4 is 34.1 Å². The average molecular weight is 403 g/mol. The van der Waals surface area contributed by atoms with E-state index in [0.29, 0.717) is 17.6 Å². The number of rotatable bonds is 5. The third kappa shape index (κ3) is 3.43. The fraction of sp³-hybridized carbons (Fsp3) is 0.250. The molecular formula is C24H23ClN4. The molecule has 0 saturated heterocycles. The van der Waals surface area contributed by atoms with E-state index in [2.05, 4.69) is 35.7 Å². The fourth-order valence-electron chi connectivity index (χ4n) is 3.69. The molecule has 29 heavy (non-hydrogen) atoms. The van der Waals surface area contributed by atoms with E-state index >= 15 is 0 Å². The number of nitriles is 1. The molecule has 2 aromatic heterocycles. The monoisotopic (exact) mass is 402 g/mol. The second-order valence-electron chi connectivity index (χ2n) is 7.46. The molecule has 4 nitrogen and oxygen atoms in total. The van der Waals surface area contributed by atoms with Gasteiger partial charge in [-0.1, -0.05) is 42.8 Å². The molecule has 0 saturated carbocycles. The second-order valence-corrected chi connectivity index (χ2v) is 7.89. The van der Waals surface area contributed by atoms with Crippen molar-refractivity contribution in [2.75, 3.05) is 5.32 Å². The van der Waals surface area contributed by atoms with Gasteiger partial charge in [0.25, 0.3) is 0 Å². The maximum Gasteiger partial charge on any atom is 0.157 e. The molecule has 0 fully saturated rings. The number of fused-ring (bicyclic) bond motifs is 3. The highest BCUT2D eigenvalue weighted by atomic mass is 35.5. The number of aromatic nitrogens is 2. The number of nitrogens with zero attached hydrogens (tertiary/aromatic N) is 3. The highest BCUT2D eigenvalue weighted by Crippen LogP contribution is 2.33. The number of hydrogen-bond donors (Lipinski definition) is 1. The van der Waals surface area contributed by atoms with Crippen LogP contribution in [0.3, 0.4) is 0 Å². The molecule has 0 amide bonds. The van der Waals surface area contributed by atoms with Gasteiger partial charge in [0.1, 0.15) is 11.9 Å². The molecule has 4 aromatic rings. The molecule has 146 valence electrons. The lowest BCUT2D eigenvalue weighted by Crippen LogP contribution is -2.19. The Morgan fingerprint density at radius 1 is 1.17 bits per heavy atom. The van der Waals surface area contributed by atoms with Crippen LogP contribution in [0.2, 0.25) is 5.02 Å². The van der Waals surface area contributed by atoms with Gasteiger partial charge in [-0.25, -0.2) is 4.98 Å². The number of anilines is 1. The summed E-state index contributed by atoms with van der Waals surface area (Å²) < 4.78 is 2.11. The molecule has 5 heteroatoms. The molecule has 4 rings (SSSR count). The first-order chi connectivity index (χ1) is 14.0. The lowest BCUT2D eigenvalue weighted by Gasteiger charge is -2.22. The molecule has 0 radical (unpaired) electrons. The number of pyridine rings is 1. The van der Waals surface area contributed by atoms with Crippen molar-refractivity contribution in [1.82, 2.24) is 9.38 Å². The highest BCUT2D eigenvalue weighted by Gasteiger charge is 2.21.